The van der Waals surface area contributed by atoms with Crippen molar-refractivity contribution in [3.8, 4) is 0 Å². The number of carbonyl (C=O) groups excluding carboxylic acids is 2. The van der Waals surface area contributed by atoms with Crippen LogP contribution in [-0.4, -0.2) is 18.4 Å². The van der Waals surface area contributed by atoms with Crippen molar-refractivity contribution in [1.82, 2.24) is 0 Å². The molecule has 0 heterocycles. The summed E-state index contributed by atoms with van der Waals surface area (Å²) < 4.78 is 5.15. The first-order valence-corrected chi connectivity index (χ1v) is 9.17. The molecule has 1 aliphatic rings. The summed E-state index contributed by atoms with van der Waals surface area (Å²) in [5, 5.41) is 1.24. The van der Waals surface area contributed by atoms with Gasteiger partial charge >= 0.3 is 5.97 Å². The van der Waals surface area contributed by atoms with Crippen LogP contribution in [0.1, 0.15) is 30.4 Å². The van der Waals surface area contributed by atoms with E-state index in [1.807, 2.05) is 24.3 Å². The normalized spacial score (nSPS) is 19.8. The van der Waals surface area contributed by atoms with E-state index < -0.39 is 11.9 Å². The second kappa shape index (κ2) is 8.07. The van der Waals surface area contributed by atoms with Crippen LogP contribution in [0.25, 0.3) is 5.57 Å². The molecule has 0 spiro atoms. The van der Waals surface area contributed by atoms with Crippen LogP contribution >= 0.6 is 23.2 Å². The highest BCUT2D eigenvalue weighted by Crippen LogP contribution is 2.40. The summed E-state index contributed by atoms with van der Waals surface area (Å²) in [5.74, 6) is -1.86. The Morgan fingerprint density at radius 3 is 2.19 bits per heavy atom. The molecule has 26 heavy (non-hydrogen) atoms. The zero-order valence-electron chi connectivity index (χ0n) is 14.2. The van der Waals surface area contributed by atoms with Crippen molar-refractivity contribution in [2.45, 2.75) is 19.3 Å². The lowest BCUT2D eigenvalue weighted by atomic mass is 9.73. The largest absolute Gasteiger partial charge is 0.465 e. The molecule has 1 aliphatic carbocycles. The minimum Gasteiger partial charge on any atom is -0.465 e. The number of esters is 1. The van der Waals surface area contributed by atoms with Gasteiger partial charge in [-0.05, 0) is 60.4 Å². The first-order chi connectivity index (χ1) is 12.5. The van der Waals surface area contributed by atoms with Crippen molar-refractivity contribution in [3.05, 3.63) is 75.8 Å². The summed E-state index contributed by atoms with van der Waals surface area (Å²) in [6.07, 6.45) is 2.11. The van der Waals surface area contributed by atoms with Crippen LogP contribution in [-0.2, 0) is 14.3 Å². The summed E-state index contributed by atoms with van der Waals surface area (Å²) in [6.45, 7) is 1.97. The SMILES string of the molecule is CCOC(=O)[C@H]1C(=O)C=C(c2ccc(Cl)cc2)C[C@H]1c1ccc(Cl)cc1. The molecule has 0 aromatic heterocycles. The Bertz CT molecular complexity index is 839. The first-order valence-electron chi connectivity index (χ1n) is 8.42. The summed E-state index contributed by atoms with van der Waals surface area (Å²) in [4.78, 5) is 25.2. The molecule has 0 bridgehead atoms. The fourth-order valence-electron chi connectivity index (χ4n) is 3.27. The standard InChI is InChI=1S/C21H18Cl2O3/c1-2-26-21(25)20-18(14-5-9-17(23)10-6-14)11-15(12-19(20)24)13-3-7-16(22)8-4-13/h3-10,12,18,20H,2,11H2,1H3/t18-,20+/m0/s1. The summed E-state index contributed by atoms with van der Waals surface area (Å²) in [6, 6.07) is 14.6. The Hall–Kier alpha value is -2.10. The maximum absolute atomic E-state index is 12.8. The third kappa shape index (κ3) is 4.00. The highest BCUT2D eigenvalue weighted by Gasteiger charge is 2.39. The van der Waals surface area contributed by atoms with Crippen LogP contribution in [0, 0.1) is 5.92 Å². The van der Waals surface area contributed by atoms with Crippen LogP contribution in [0.2, 0.25) is 10.0 Å². The molecular weight excluding hydrogens is 371 g/mol. The molecule has 5 heteroatoms. The molecular formula is C21H18Cl2O3. The van der Waals surface area contributed by atoms with Crippen molar-refractivity contribution in [2.75, 3.05) is 6.61 Å². The molecule has 3 rings (SSSR count). The maximum atomic E-state index is 12.8. The quantitative estimate of drug-likeness (QED) is 0.526. The minimum atomic E-state index is -0.841. The number of hydrogen-bond donors (Lipinski definition) is 0. The monoisotopic (exact) mass is 388 g/mol. The maximum Gasteiger partial charge on any atom is 0.317 e. The lowest BCUT2D eigenvalue weighted by Crippen LogP contribution is -2.34. The zero-order valence-corrected chi connectivity index (χ0v) is 15.8. The van der Waals surface area contributed by atoms with Gasteiger partial charge in [-0.15, -0.1) is 0 Å². The highest BCUT2D eigenvalue weighted by atomic mass is 35.5. The van der Waals surface area contributed by atoms with Crippen LogP contribution in [0.3, 0.4) is 0 Å². The van der Waals surface area contributed by atoms with E-state index in [-0.39, 0.29) is 18.3 Å². The Labute approximate surface area is 162 Å². The van der Waals surface area contributed by atoms with Crippen LogP contribution in [0.15, 0.2) is 54.6 Å². The average molecular weight is 389 g/mol. The number of allylic oxidation sites excluding steroid dienone is 2. The zero-order chi connectivity index (χ0) is 18.7. The van der Waals surface area contributed by atoms with Gasteiger partial charge in [0.1, 0.15) is 5.92 Å². The van der Waals surface area contributed by atoms with Crippen LogP contribution in [0.5, 0.6) is 0 Å². The summed E-state index contributed by atoms with van der Waals surface area (Å²) in [7, 11) is 0. The Morgan fingerprint density at radius 1 is 1.04 bits per heavy atom. The highest BCUT2D eigenvalue weighted by molar-refractivity contribution is 6.30. The fraction of sp³-hybridized carbons (Fsp3) is 0.238. The smallest absolute Gasteiger partial charge is 0.317 e. The van der Waals surface area contributed by atoms with Crippen molar-refractivity contribution in [3.63, 3.8) is 0 Å². The predicted molar refractivity (Wildman–Crippen MR) is 103 cm³/mol. The molecule has 0 N–H and O–H groups in total. The molecule has 0 fully saturated rings. The van der Waals surface area contributed by atoms with E-state index in [0.717, 1.165) is 16.7 Å². The molecule has 0 radical (unpaired) electrons. The van der Waals surface area contributed by atoms with Gasteiger partial charge in [-0.2, -0.15) is 0 Å². The Kier molecular flexibility index (Phi) is 5.80. The molecule has 0 unspecified atom stereocenters. The van der Waals surface area contributed by atoms with Crippen LogP contribution < -0.4 is 0 Å². The number of ketones is 1. The molecule has 0 saturated carbocycles. The summed E-state index contributed by atoms with van der Waals surface area (Å²) in [5.41, 5.74) is 2.69. The van der Waals surface area contributed by atoms with E-state index in [9.17, 15) is 9.59 Å². The van der Waals surface area contributed by atoms with Crippen molar-refractivity contribution >= 4 is 40.5 Å². The number of ether oxygens (including phenoxy) is 1. The number of halogens is 2. The van der Waals surface area contributed by atoms with Gasteiger partial charge in [0.15, 0.2) is 5.78 Å². The molecule has 2 aromatic rings. The molecule has 0 saturated heterocycles. The molecule has 2 atom stereocenters. The second-order valence-electron chi connectivity index (χ2n) is 6.17. The average Bonchev–Trinajstić information content (AvgIpc) is 2.62. The van der Waals surface area contributed by atoms with Crippen molar-refractivity contribution < 1.29 is 14.3 Å². The van der Waals surface area contributed by atoms with Gasteiger partial charge < -0.3 is 4.74 Å². The fourth-order valence-corrected chi connectivity index (χ4v) is 3.52. The van der Waals surface area contributed by atoms with Gasteiger partial charge in [0.05, 0.1) is 6.61 Å². The molecule has 134 valence electrons. The van der Waals surface area contributed by atoms with E-state index in [2.05, 4.69) is 0 Å². The molecule has 3 nitrogen and oxygen atoms in total. The lowest BCUT2D eigenvalue weighted by Gasteiger charge is -2.29. The van der Waals surface area contributed by atoms with Gasteiger partial charge in [-0.1, -0.05) is 47.5 Å². The van der Waals surface area contributed by atoms with Gasteiger partial charge in [-0.25, -0.2) is 0 Å². The van der Waals surface area contributed by atoms with Crippen molar-refractivity contribution in [1.29, 1.82) is 0 Å². The van der Waals surface area contributed by atoms with E-state index in [1.165, 1.54) is 0 Å². The van der Waals surface area contributed by atoms with Gasteiger partial charge in [0, 0.05) is 16.0 Å². The van der Waals surface area contributed by atoms with Gasteiger partial charge in [-0.3, -0.25) is 9.59 Å². The number of benzene rings is 2. The lowest BCUT2D eigenvalue weighted by molar-refractivity contribution is -0.151. The molecule has 0 aliphatic heterocycles. The second-order valence-corrected chi connectivity index (χ2v) is 7.04. The number of rotatable bonds is 4. The van der Waals surface area contributed by atoms with Gasteiger partial charge in [0.25, 0.3) is 0 Å². The van der Waals surface area contributed by atoms with Crippen LogP contribution in [0.4, 0.5) is 0 Å². The van der Waals surface area contributed by atoms with E-state index in [0.29, 0.717) is 16.5 Å². The van der Waals surface area contributed by atoms with Crippen molar-refractivity contribution in [2.24, 2.45) is 5.92 Å². The van der Waals surface area contributed by atoms with Gasteiger partial charge in [0.2, 0.25) is 0 Å². The topological polar surface area (TPSA) is 43.4 Å². The number of carbonyl (C=O) groups is 2. The Morgan fingerprint density at radius 2 is 1.62 bits per heavy atom. The van der Waals surface area contributed by atoms with E-state index in [1.54, 1.807) is 37.3 Å². The summed E-state index contributed by atoms with van der Waals surface area (Å²) >= 11 is 11.9. The molecule has 2 aromatic carbocycles. The predicted octanol–water partition coefficient (Wildman–Crippen LogP) is 5.31. The first kappa shape index (κ1) is 18.7. The third-order valence-electron chi connectivity index (χ3n) is 4.52. The minimum absolute atomic E-state index is 0.236. The van der Waals surface area contributed by atoms with E-state index in [4.69, 9.17) is 27.9 Å². The Balaban J connectivity index is 2.01. The molecule has 0 amide bonds. The van der Waals surface area contributed by atoms with E-state index >= 15 is 0 Å². The third-order valence-corrected chi connectivity index (χ3v) is 5.02. The number of hydrogen-bond acceptors (Lipinski definition) is 3.